The molecule has 0 spiro atoms. The third-order valence-corrected chi connectivity index (χ3v) is 3.09. The van der Waals surface area contributed by atoms with Crippen LogP contribution < -0.4 is 5.32 Å². The molecule has 2 aromatic rings. The first-order valence-electron chi connectivity index (χ1n) is 5.58. The number of nitrogens with one attached hydrogen (secondary N) is 1. The van der Waals surface area contributed by atoms with Gasteiger partial charge in [0, 0.05) is 11.8 Å². The molecule has 0 aliphatic carbocycles. The molecule has 1 amide bonds. The molecule has 0 bridgehead atoms. The molecule has 0 saturated carbocycles. The number of rotatable bonds is 3. The lowest BCUT2D eigenvalue weighted by Crippen LogP contribution is -2.23. The Hall–Kier alpha value is -1.82. The largest absolute Gasteiger partial charge is 0.346 e. The first-order valence-corrected chi connectivity index (χ1v) is 6.37. The van der Waals surface area contributed by atoms with Crippen molar-refractivity contribution in [3.8, 4) is 0 Å². The predicted octanol–water partition coefficient (Wildman–Crippen LogP) is 2.62. The Morgan fingerprint density at radius 3 is 2.89 bits per heavy atom. The van der Waals surface area contributed by atoms with Gasteiger partial charge in [0.2, 0.25) is 0 Å². The minimum atomic E-state index is -0.467. The third kappa shape index (κ3) is 3.57. The third-order valence-electron chi connectivity index (χ3n) is 2.45. The van der Waals surface area contributed by atoms with Gasteiger partial charge >= 0.3 is 0 Å². The van der Waals surface area contributed by atoms with E-state index < -0.39 is 5.82 Å². The summed E-state index contributed by atoms with van der Waals surface area (Å²) in [5, 5.41) is 2.68. The summed E-state index contributed by atoms with van der Waals surface area (Å²) < 4.78 is 13.6. The molecule has 1 heterocycles. The summed E-state index contributed by atoms with van der Waals surface area (Å²) in [5.41, 5.74) is 0.977. The molecular formula is C13H11BrFN3O. The van der Waals surface area contributed by atoms with Crippen molar-refractivity contribution in [2.45, 2.75) is 13.5 Å². The van der Waals surface area contributed by atoms with Crippen molar-refractivity contribution in [1.82, 2.24) is 15.3 Å². The average Bonchev–Trinajstić information content (AvgIpc) is 2.39. The van der Waals surface area contributed by atoms with Crippen molar-refractivity contribution in [2.24, 2.45) is 0 Å². The molecule has 0 unspecified atom stereocenters. The Balaban J connectivity index is 2.03. The maximum atomic E-state index is 13.3. The van der Waals surface area contributed by atoms with Gasteiger partial charge < -0.3 is 5.32 Å². The molecule has 98 valence electrons. The van der Waals surface area contributed by atoms with Crippen LogP contribution in [0.2, 0.25) is 0 Å². The number of carbonyl (C=O) groups excluding carboxylic acids is 1. The van der Waals surface area contributed by atoms with Crippen molar-refractivity contribution in [3.05, 3.63) is 57.8 Å². The number of hydrogen-bond donors (Lipinski definition) is 1. The second kappa shape index (κ2) is 5.88. The van der Waals surface area contributed by atoms with Gasteiger partial charge in [-0.05, 0) is 47.1 Å². The molecular weight excluding hydrogens is 313 g/mol. The quantitative estimate of drug-likeness (QED) is 0.944. The van der Waals surface area contributed by atoms with E-state index in [2.05, 4.69) is 31.2 Å². The van der Waals surface area contributed by atoms with E-state index >= 15 is 0 Å². The number of carbonyl (C=O) groups is 1. The summed E-state index contributed by atoms with van der Waals surface area (Å²) in [5.74, 6) is -0.172. The fraction of sp³-hybridized carbons (Fsp3) is 0.154. The smallest absolute Gasteiger partial charge is 0.251 e. The number of hydrogen-bond acceptors (Lipinski definition) is 3. The van der Waals surface area contributed by atoms with Crippen molar-refractivity contribution in [1.29, 1.82) is 0 Å². The van der Waals surface area contributed by atoms with Crippen LogP contribution >= 0.6 is 15.9 Å². The maximum Gasteiger partial charge on any atom is 0.251 e. The fourth-order valence-electron chi connectivity index (χ4n) is 1.51. The first-order chi connectivity index (χ1) is 9.06. The standard InChI is InChI=1S/C13H11BrFN3O/c1-8-16-5-4-10(18-8)7-17-13(19)9-2-3-11(14)12(15)6-9/h2-6H,7H2,1H3,(H,17,19). The molecule has 1 aromatic carbocycles. The molecule has 1 aromatic heterocycles. The van der Waals surface area contributed by atoms with Crippen LogP contribution in [0.1, 0.15) is 21.9 Å². The van der Waals surface area contributed by atoms with Gasteiger partial charge in [0.15, 0.2) is 0 Å². The minimum Gasteiger partial charge on any atom is -0.346 e. The zero-order valence-electron chi connectivity index (χ0n) is 10.2. The van der Waals surface area contributed by atoms with Crippen LogP contribution in [-0.4, -0.2) is 15.9 Å². The second-order valence-corrected chi connectivity index (χ2v) is 4.76. The normalized spacial score (nSPS) is 10.3. The van der Waals surface area contributed by atoms with Crippen LogP contribution in [-0.2, 0) is 6.54 Å². The molecule has 1 N–H and O–H groups in total. The van der Waals surface area contributed by atoms with E-state index in [-0.39, 0.29) is 18.0 Å². The van der Waals surface area contributed by atoms with Crippen LogP contribution in [0.4, 0.5) is 4.39 Å². The van der Waals surface area contributed by atoms with Crippen molar-refractivity contribution < 1.29 is 9.18 Å². The van der Waals surface area contributed by atoms with Gasteiger partial charge in [0.1, 0.15) is 11.6 Å². The Labute approximate surface area is 118 Å². The van der Waals surface area contributed by atoms with Crippen molar-refractivity contribution in [2.75, 3.05) is 0 Å². The maximum absolute atomic E-state index is 13.3. The first kappa shape index (κ1) is 13.6. The monoisotopic (exact) mass is 323 g/mol. The van der Waals surface area contributed by atoms with E-state index in [9.17, 15) is 9.18 Å². The molecule has 0 atom stereocenters. The van der Waals surface area contributed by atoms with Gasteiger partial charge in [-0.2, -0.15) is 0 Å². The van der Waals surface area contributed by atoms with E-state index in [1.165, 1.54) is 12.1 Å². The van der Waals surface area contributed by atoms with Crippen molar-refractivity contribution >= 4 is 21.8 Å². The van der Waals surface area contributed by atoms with Gasteiger partial charge in [0.25, 0.3) is 5.91 Å². The molecule has 0 aliphatic rings. The van der Waals surface area contributed by atoms with Crippen LogP contribution in [0, 0.1) is 12.7 Å². The highest BCUT2D eigenvalue weighted by Crippen LogP contribution is 2.16. The second-order valence-electron chi connectivity index (χ2n) is 3.91. The highest BCUT2D eigenvalue weighted by molar-refractivity contribution is 9.10. The van der Waals surface area contributed by atoms with Crippen LogP contribution in [0.15, 0.2) is 34.9 Å². The van der Waals surface area contributed by atoms with Gasteiger partial charge in [-0.15, -0.1) is 0 Å². The summed E-state index contributed by atoms with van der Waals surface area (Å²) in [7, 11) is 0. The lowest BCUT2D eigenvalue weighted by molar-refractivity contribution is 0.0950. The SMILES string of the molecule is Cc1nccc(CNC(=O)c2ccc(Br)c(F)c2)n1. The summed E-state index contributed by atoms with van der Waals surface area (Å²) in [6.07, 6.45) is 1.63. The van der Waals surface area contributed by atoms with Crippen LogP contribution in [0.3, 0.4) is 0 Å². The molecule has 0 radical (unpaired) electrons. The van der Waals surface area contributed by atoms with E-state index in [4.69, 9.17) is 0 Å². The molecule has 19 heavy (non-hydrogen) atoms. The zero-order chi connectivity index (χ0) is 13.8. The summed E-state index contributed by atoms with van der Waals surface area (Å²) in [6, 6.07) is 5.95. The molecule has 0 fully saturated rings. The number of nitrogens with zero attached hydrogens (tertiary/aromatic N) is 2. The Bertz CT molecular complexity index is 619. The Morgan fingerprint density at radius 1 is 1.42 bits per heavy atom. The minimum absolute atomic E-state index is 0.270. The molecule has 4 nitrogen and oxygen atoms in total. The topological polar surface area (TPSA) is 54.9 Å². The molecule has 0 saturated heterocycles. The van der Waals surface area contributed by atoms with Gasteiger partial charge in [-0.3, -0.25) is 4.79 Å². The molecule has 0 aliphatic heterocycles. The lowest BCUT2D eigenvalue weighted by Gasteiger charge is -2.05. The van der Waals surface area contributed by atoms with Gasteiger partial charge in [0.05, 0.1) is 16.7 Å². The van der Waals surface area contributed by atoms with Crippen molar-refractivity contribution in [3.63, 3.8) is 0 Å². The number of benzene rings is 1. The Kier molecular flexibility index (Phi) is 4.21. The van der Waals surface area contributed by atoms with E-state index in [1.54, 1.807) is 25.3 Å². The van der Waals surface area contributed by atoms with Gasteiger partial charge in [-0.1, -0.05) is 0 Å². The molecule has 6 heteroatoms. The molecule has 2 rings (SSSR count). The van der Waals surface area contributed by atoms with Gasteiger partial charge in [-0.25, -0.2) is 14.4 Å². The van der Waals surface area contributed by atoms with Crippen LogP contribution in [0.5, 0.6) is 0 Å². The zero-order valence-corrected chi connectivity index (χ0v) is 11.7. The number of aromatic nitrogens is 2. The predicted molar refractivity (Wildman–Crippen MR) is 72.0 cm³/mol. The summed E-state index contributed by atoms with van der Waals surface area (Å²) in [4.78, 5) is 20.0. The number of amides is 1. The summed E-state index contributed by atoms with van der Waals surface area (Å²) >= 11 is 3.04. The highest BCUT2D eigenvalue weighted by Gasteiger charge is 2.08. The fourth-order valence-corrected chi connectivity index (χ4v) is 1.76. The van der Waals surface area contributed by atoms with E-state index in [0.29, 0.717) is 16.0 Å². The number of aryl methyl sites for hydroxylation is 1. The lowest BCUT2D eigenvalue weighted by atomic mass is 10.2. The van der Waals surface area contributed by atoms with E-state index in [0.717, 1.165) is 0 Å². The summed E-state index contributed by atoms with van der Waals surface area (Å²) in [6.45, 7) is 2.05. The van der Waals surface area contributed by atoms with Crippen LogP contribution in [0.25, 0.3) is 0 Å². The average molecular weight is 324 g/mol. The van der Waals surface area contributed by atoms with E-state index in [1.807, 2.05) is 0 Å². The highest BCUT2D eigenvalue weighted by atomic mass is 79.9. The number of halogens is 2. The Morgan fingerprint density at radius 2 is 2.21 bits per heavy atom.